The van der Waals surface area contributed by atoms with Crippen LogP contribution in [0.15, 0.2) is 10.2 Å². The molecule has 0 unspecified atom stereocenters. The summed E-state index contributed by atoms with van der Waals surface area (Å²) in [5.41, 5.74) is 0.168. The van der Waals surface area contributed by atoms with Crippen LogP contribution in [0.25, 0.3) is 0 Å². The van der Waals surface area contributed by atoms with Gasteiger partial charge in [0, 0.05) is 24.2 Å². The molecule has 1 aromatic rings. The van der Waals surface area contributed by atoms with Gasteiger partial charge >= 0.3 is 10.9 Å². The highest BCUT2D eigenvalue weighted by atomic mass is 32.1. The van der Waals surface area contributed by atoms with E-state index in [4.69, 9.17) is 0 Å². The van der Waals surface area contributed by atoms with Crippen LogP contribution in [0.2, 0.25) is 0 Å². The van der Waals surface area contributed by atoms with Crippen molar-refractivity contribution in [1.29, 1.82) is 0 Å². The second-order valence-corrected chi connectivity index (χ2v) is 7.27. The lowest BCUT2D eigenvalue weighted by Gasteiger charge is -2.33. The van der Waals surface area contributed by atoms with Crippen molar-refractivity contribution in [2.24, 2.45) is 5.92 Å². The number of imide groups is 1. The molecule has 120 valence electrons. The minimum Gasteiger partial charge on any atom is -0.323 e. The van der Waals surface area contributed by atoms with Crippen LogP contribution in [0, 0.1) is 12.8 Å². The molecule has 0 aromatic carbocycles. The van der Waals surface area contributed by atoms with E-state index in [9.17, 15) is 14.4 Å². The van der Waals surface area contributed by atoms with E-state index in [1.165, 1.54) is 4.90 Å². The fraction of sp³-hybridized carbons (Fsp3) is 0.667. The maximum absolute atomic E-state index is 12.7. The third-order valence-corrected chi connectivity index (χ3v) is 5.78. The molecule has 1 aliphatic heterocycles. The lowest BCUT2D eigenvalue weighted by molar-refractivity contribution is -0.132. The van der Waals surface area contributed by atoms with Gasteiger partial charge in [0.25, 0.3) is 5.91 Å². The number of carbonyl (C=O) groups is 2. The molecule has 2 aliphatic rings. The fourth-order valence-electron chi connectivity index (χ4n) is 3.35. The summed E-state index contributed by atoms with van der Waals surface area (Å²) in [5, 5.41) is 4.69. The van der Waals surface area contributed by atoms with Gasteiger partial charge in [0.05, 0.1) is 0 Å². The molecule has 3 rings (SSSR count). The summed E-state index contributed by atoms with van der Waals surface area (Å²) in [5.74, 6) is 0.488. The molecule has 3 amide bonds. The number of hydrogen-bond acceptors (Lipinski definition) is 4. The van der Waals surface area contributed by atoms with Crippen molar-refractivity contribution >= 4 is 23.3 Å². The zero-order valence-electron chi connectivity index (χ0n) is 12.9. The van der Waals surface area contributed by atoms with Crippen LogP contribution in [-0.2, 0) is 11.3 Å². The number of thiazole rings is 1. The van der Waals surface area contributed by atoms with Crippen molar-refractivity contribution in [2.45, 2.75) is 51.6 Å². The average molecular weight is 323 g/mol. The number of carbonyl (C=O) groups excluding carboxylic acids is 2. The van der Waals surface area contributed by atoms with Crippen LogP contribution < -0.4 is 10.2 Å². The average Bonchev–Trinajstić information content (AvgIpc) is 2.92. The number of nitrogens with zero attached hydrogens (tertiary/aromatic N) is 2. The maximum Gasteiger partial charge on any atom is 0.325 e. The molecule has 0 radical (unpaired) electrons. The highest BCUT2D eigenvalue weighted by molar-refractivity contribution is 7.07. The van der Waals surface area contributed by atoms with E-state index in [1.54, 1.807) is 9.95 Å². The van der Waals surface area contributed by atoms with E-state index >= 15 is 0 Å². The van der Waals surface area contributed by atoms with Gasteiger partial charge in [-0.2, -0.15) is 0 Å². The minimum atomic E-state index is -0.696. The Morgan fingerprint density at radius 2 is 1.95 bits per heavy atom. The SMILES string of the molecule is Cc1csc(=O)n1CCN1C(=O)NC2(CCC(C)CC2)C1=O. The molecule has 0 bridgehead atoms. The molecule has 1 saturated carbocycles. The number of hydrogen-bond donors (Lipinski definition) is 1. The molecule has 1 saturated heterocycles. The molecule has 1 aliphatic carbocycles. The van der Waals surface area contributed by atoms with Gasteiger partial charge < -0.3 is 9.88 Å². The molecular weight excluding hydrogens is 302 g/mol. The Hall–Kier alpha value is -1.63. The first-order valence-corrected chi connectivity index (χ1v) is 8.60. The smallest absolute Gasteiger partial charge is 0.323 e. The number of rotatable bonds is 3. The molecule has 0 atom stereocenters. The summed E-state index contributed by atoms with van der Waals surface area (Å²) < 4.78 is 1.61. The number of urea groups is 1. The topological polar surface area (TPSA) is 71.4 Å². The van der Waals surface area contributed by atoms with Gasteiger partial charge in [-0.1, -0.05) is 18.3 Å². The third-order valence-electron chi connectivity index (χ3n) is 4.90. The van der Waals surface area contributed by atoms with E-state index in [0.717, 1.165) is 29.9 Å². The third kappa shape index (κ3) is 2.47. The van der Waals surface area contributed by atoms with Gasteiger partial charge in [-0.15, -0.1) is 0 Å². The number of nitrogens with one attached hydrogen (secondary N) is 1. The van der Waals surface area contributed by atoms with Crippen LogP contribution in [0.1, 0.15) is 38.3 Å². The first kappa shape index (κ1) is 15.3. The largest absolute Gasteiger partial charge is 0.325 e. The Bertz CT molecular complexity index is 655. The molecule has 1 aromatic heterocycles. The van der Waals surface area contributed by atoms with Crippen molar-refractivity contribution < 1.29 is 9.59 Å². The summed E-state index contributed by atoms with van der Waals surface area (Å²) in [7, 11) is 0. The lowest BCUT2D eigenvalue weighted by Crippen LogP contribution is -2.49. The van der Waals surface area contributed by atoms with Crippen molar-refractivity contribution in [1.82, 2.24) is 14.8 Å². The zero-order valence-corrected chi connectivity index (χ0v) is 13.7. The Labute approximate surface area is 133 Å². The second kappa shape index (κ2) is 5.53. The Morgan fingerprint density at radius 3 is 2.55 bits per heavy atom. The first-order chi connectivity index (χ1) is 10.4. The van der Waals surface area contributed by atoms with Crippen molar-refractivity contribution in [3.05, 3.63) is 20.7 Å². The first-order valence-electron chi connectivity index (χ1n) is 7.72. The molecule has 2 heterocycles. The van der Waals surface area contributed by atoms with Crippen LogP contribution >= 0.6 is 11.3 Å². The van der Waals surface area contributed by atoms with Gasteiger partial charge in [-0.05, 0) is 38.5 Å². The fourth-order valence-corrected chi connectivity index (χ4v) is 4.11. The normalized spacial score (nSPS) is 28.5. The second-order valence-electron chi connectivity index (χ2n) is 6.45. The molecule has 6 nitrogen and oxygen atoms in total. The van der Waals surface area contributed by atoms with Gasteiger partial charge in [-0.25, -0.2) is 4.79 Å². The van der Waals surface area contributed by atoms with Gasteiger partial charge in [0.15, 0.2) is 0 Å². The standard InChI is InChI=1S/C15H21N3O3S/c1-10-3-5-15(6-4-10)12(19)18(13(20)16-15)8-7-17-11(2)9-22-14(17)21/h9-10H,3-8H2,1-2H3,(H,16,20). The highest BCUT2D eigenvalue weighted by Crippen LogP contribution is 2.36. The molecule has 7 heteroatoms. The summed E-state index contributed by atoms with van der Waals surface area (Å²) >= 11 is 1.14. The van der Waals surface area contributed by atoms with Gasteiger partial charge in [-0.3, -0.25) is 14.5 Å². The molecule has 1 spiro atoms. The lowest BCUT2D eigenvalue weighted by atomic mass is 9.77. The summed E-state index contributed by atoms with van der Waals surface area (Å²) in [4.78, 5) is 37.8. The van der Waals surface area contributed by atoms with Gasteiger partial charge in [0.1, 0.15) is 5.54 Å². The zero-order chi connectivity index (χ0) is 15.9. The van der Waals surface area contributed by atoms with E-state index in [-0.39, 0.29) is 23.4 Å². The molecule has 22 heavy (non-hydrogen) atoms. The maximum atomic E-state index is 12.7. The van der Waals surface area contributed by atoms with E-state index in [0.29, 0.717) is 25.3 Å². The van der Waals surface area contributed by atoms with E-state index < -0.39 is 5.54 Å². The summed E-state index contributed by atoms with van der Waals surface area (Å²) in [6, 6.07) is -0.319. The monoisotopic (exact) mass is 323 g/mol. The quantitative estimate of drug-likeness (QED) is 0.861. The van der Waals surface area contributed by atoms with Crippen LogP contribution in [0.4, 0.5) is 4.79 Å². The van der Waals surface area contributed by atoms with Crippen molar-refractivity contribution in [3.63, 3.8) is 0 Å². The Kier molecular flexibility index (Phi) is 3.84. The van der Waals surface area contributed by atoms with E-state index in [1.807, 2.05) is 6.92 Å². The van der Waals surface area contributed by atoms with Crippen molar-refractivity contribution in [2.75, 3.05) is 6.54 Å². The Balaban J connectivity index is 1.71. The van der Waals surface area contributed by atoms with Crippen LogP contribution in [-0.4, -0.2) is 33.5 Å². The van der Waals surface area contributed by atoms with Crippen molar-refractivity contribution in [3.8, 4) is 0 Å². The van der Waals surface area contributed by atoms with Crippen LogP contribution in [0.5, 0.6) is 0 Å². The predicted octanol–water partition coefficient (Wildman–Crippen LogP) is 1.72. The van der Waals surface area contributed by atoms with E-state index in [2.05, 4.69) is 12.2 Å². The summed E-state index contributed by atoms with van der Waals surface area (Å²) in [6.07, 6.45) is 3.35. The highest BCUT2D eigenvalue weighted by Gasteiger charge is 2.51. The molecular formula is C15H21N3O3S. The number of amides is 3. The number of aryl methyl sites for hydroxylation is 1. The van der Waals surface area contributed by atoms with Gasteiger partial charge in [0.2, 0.25) is 0 Å². The molecule has 2 fully saturated rings. The minimum absolute atomic E-state index is 0.0502. The predicted molar refractivity (Wildman–Crippen MR) is 83.9 cm³/mol. The Morgan fingerprint density at radius 1 is 1.27 bits per heavy atom. The van der Waals surface area contributed by atoms with Crippen LogP contribution in [0.3, 0.4) is 0 Å². The molecule has 1 N–H and O–H groups in total. The number of aromatic nitrogens is 1. The summed E-state index contributed by atoms with van der Waals surface area (Å²) in [6.45, 7) is 4.64.